The number of carbonyl (C=O) groups is 1. The van der Waals surface area contributed by atoms with Gasteiger partial charge in [-0.25, -0.2) is 4.98 Å². The van der Waals surface area contributed by atoms with E-state index in [2.05, 4.69) is 29.0 Å². The fourth-order valence-corrected chi connectivity index (χ4v) is 3.99. The Hall–Kier alpha value is -1.18. The van der Waals surface area contributed by atoms with Crippen molar-refractivity contribution < 1.29 is 4.79 Å². The minimum absolute atomic E-state index is 0.0648. The van der Waals surface area contributed by atoms with Crippen molar-refractivity contribution in [2.45, 2.75) is 13.8 Å². The number of thiophene rings is 1. The number of fused-ring (bicyclic) bond motifs is 1. The number of nitrogens with one attached hydrogen (secondary N) is 1. The van der Waals surface area contributed by atoms with Crippen LogP contribution in [0, 0.1) is 0 Å². The van der Waals surface area contributed by atoms with Crippen LogP contribution >= 0.6 is 22.7 Å². The maximum Gasteiger partial charge on any atom is 0.261 e. The van der Waals surface area contributed by atoms with Crippen LogP contribution in [-0.4, -0.2) is 37.1 Å². The van der Waals surface area contributed by atoms with Gasteiger partial charge in [-0.1, -0.05) is 11.3 Å². The molecule has 2 heterocycles. The monoisotopic (exact) mass is 298 g/mol. The molecule has 0 aliphatic rings. The van der Waals surface area contributed by atoms with Crippen molar-refractivity contribution in [2.24, 2.45) is 5.73 Å². The SMILES string of the molecule is CCN(CC)c1nc2sc(C(=O)NCCN)cc2s1. The maximum atomic E-state index is 11.8. The Bertz CT molecular complexity index is 528. The molecule has 0 fully saturated rings. The van der Waals surface area contributed by atoms with Gasteiger partial charge in [0.05, 0.1) is 9.58 Å². The van der Waals surface area contributed by atoms with Gasteiger partial charge >= 0.3 is 0 Å². The summed E-state index contributed by atoms with van der Waals surface area (Å²) >= 11 is 3.07. The molecule has 0 aliphatic heterocycles. The molecule has 0 saturated carbocycles. The van der Waals surface area contributed by atoms with E-state index in [1.165, 1.54) is 11.3 Å². The van der Waals surface area contributed by atoms with Crippen LogP contribution in [0.5, 0.6) is 0 Å². The minimum atomic E-state index is -0.0648. The molecule has 2 aromatic rings. The topological polar surface area (TPSA) is 71.2 Å². The Kier molecular flexibility index (Phi) is 4.73. The second kappa shape index (κ2) is 6.31. The van der Waals surface area contributed by atoms with Gasteiger partial charge in [-0.15, -0.1) is 11.3 Å². The van der Waals surface area contributed by atoms with Crippen LogP contribution in [0.15, 0.2) is 6.07 Å². The van der Waals surface area contributed by atoms with Gasteiger partial charge < -0.3 is 16.0 Å². The van der Waals surface area contributed by atoms with E-state index in [1.54, 1.807) is 11.3 Å². The summed E-state index contributed by atoms with van der Waals surface area (Å²) in [6, 6.07) is 1.91. The Morgan fingerprint density at radius 1 is 1.42 bits per heavy atom. The quantitative estimate of drug-likeness (QED) is 0.854. The van der Waals surface area contributed by atoms with Gasteiger partial charge in [0.15, 0.2) is 5.13 Å². The normalized spacial score (nSPS) is 10.9. The van der Waals surface area contributed by atoms with Gasteiger partial charge in [0.2, 0.25) is 0 Å². The number of thiazole rings is 1. The molecule has 2 rings (SSSR count). The van der Waals surface area contributed by atoms with Crippen molar-refractivity contribution in [1.82, 2.24) is 10.3 Å². The van der Waals surface area contributed by atoms with Gasteiger partial charge in [0.1, 0.15) is 4.83 Å². The molecule has 0 spiro atoms. The fraction of sp³-hybridized carbons (Fsp3) is 0.500. The molecule has 5 nitrogen and oxygen atoms in total. The van der Waals surface area contributed by atoms with Crippen LogP contribution in [-0.2, 0) is 0 Å². The molecule has 0 aliphatic carbocycles. The third-order valence-corrected chi connectivity index (χ3v) is 4.99. The largest absolute Gasteiger partial charge is 0.350 e. The molecule has 0 bridgehead atoms. The average Bonchev–Trinajstić information content (AvgIpc) is 2.95. The number of anilines is 1. The number of nitrogens with zero attached hydrogens (tertiary/aromatic N) is 2. The number of amides is 1. The molecule has 104 valence electrons. The first-order valence-electron chi connectivity index (χ1n) is 6.33. The smallest absolute Gasteiger partial charge is 0.261 e. The van der Waals surface area contributed by atoms with Crippen LogP contribution in [0.4, 0.5) is 5.13 Å². The summed E-state index contributed by atoms with van der Waals surface area (Å²) in [5, 5.41) is 3.80. The highest BCUT2D eigenvalue weighted by molar-refractivity contribution is 7.29. The van der Waals surface area contributed by atoms with E-state index < -0.39 is 0 Å². The summed E-state index contributed by atoms with van der Waals surface area (Å²) in [6.45, 7) is 7.08. The number of hydrogen-bond acceptors (Lipinski definition) is 6. The molecule has 0 saturated heterocycles. The van der Waals surface area contributed by atoms with Crippen LogP contribution < -0.4 is 16.0 Å². The zero-order valence-corrected chi connectivity index (χ0v) is 12.7. The van der Waals surface area contributed by atoms with Gasteiger partial charge in [0, 0.05) is 26.2 Å². The van der Waals surface area contributed by atoms with Crippen molar-refractivity contribution in [3.05, 3.63) is 10.9 Å². The minimum Gasteiger partial charge on any atom is -0.350 e. The Morgan fingerprint density at radius 3 is 2.74 bits per heavy atom. The highest BCUT2D eigenvalue weighted by atomic mass is 32.1. The fourth-order valence-electron chi connectivity index (χ4n) is 1.74. The van der Waals surface area contributed by atoms with Crippen molar-refractivity contribution in [2.75, 3.05) is 31.1 Å². The van der Waals surface area contributed by atoms with Crippen molar-refractivity contribution in [3.8, 4) is 0 Å². The number of aromatic nitrogens is 1. The summed E-state index contributed by atoms with van der Waals surface area (Å²) in [4.78, 5) is 20.3. The molecule has 3 N–H and O–H groups in total. The standard InChI is InChI=1S/C12H18N4OS2/c1-3-16(4-2)12-15-11-9(19-12)7-8(18-11)10(17)14-6-5-13/h7H,3-6,13H2,1-2H3,(H,14,17). The van der Waals surface area contributed by atoms with E-state index in [4.69, 9.17) is 5.73 Å². The summed E-state index contributed by atoms with van der Waals surface area (Å²) in [5.74, 6) is -0.0648. The molecule has 1 amide bonds. The zero-order chi connectivity index (χ0) is 13.8. The van der Waals surface area contributed by atoms with Gasteiger partial charge in [0.25, 0.3) is 5.91 Å². The molecule has 19 heavy (non-hydrogen) atoms. The first-order valence-corrected chi connectivity index (χ1v) is 7.96. The predicted molar refractivity (Wildman–Crippen MR) is 82.4 cm³/mol. The lowest BCUT2D eigenvalue weighted by molar-refractivity contribution is 0.0959. The van der Waals surface area contributed by atoms with Gasteiger partial charge in [-0.3, -0.25) is 4.79 Å². The van der Waals surface area contributed by atoms with E-state index in [9.17, 15) is 4.79 Å². The molecule has 0 aromatic carbocycles. The molecule has 7 heteroatoms. The molecule has 0 unspecified atom stereocenters. The highest BCUT2D eigenvalue weighted by Gasteiger charge is 2.15. The third-order valence-electron chi connectivity index (χ3n) is 2.77. The Labute approximate surface area is 120 Å². The van der Waals surface area contributed by atoms with Crippen LogP contribution in [0.2, 0.25) is 0 Å². The summed E-state index contributed by atoms with van der Waals surface area (Å²) in [7, 11) is 0. The van der Waals surface area contributed by atoms with Crippen molar-refractivity contribution >= 4 is 43.2 Å². The molecule has 0 radical (unpaired) electrons. The van der Waals surface area contributed by atoms with E-state index in [0.29, 0.717) is 18.0 Å². The lowest BCUT2D eigenvalue weighted by atomic mass is 10.4. The lowest BCUT2D eigenvalue weighted by Gasteiger charge is -2.16. The number of carbonyl (C=O) groups excluding carboxylic acids is 1. The number of nitrogens with two attached hydrogens (primary N) is 1. The first kappa shape index (κ1) is 14.2. The summed E-state index contributed by atoms with van der Waals surface area (Å²) < 4.78 is 1.07. The second-order valence-electron chi connectivity index (χ2n) is 3.99. The van der Waals surface area contributed by atoms with Crippen LogP contribution in [0.3, 0.4) is 0 Å². The van der Waals surface area contributed by atoms with Crippen LogP contribution in [0.25, 0.3) is 9.53 Å². The molecule has 2 aromatic heterocycles. The highest BCUT2D eigenvalue weighted by Crippen LogP contribution is 2.34. The zero-order valence-electron chi connectivity index (χ0n) is 11.1. The summed E-state index contributed by atoms with van der Waals surface area (Å²) in [5.41, 5.74) is 5.37. The van der Waals surface area contributed by atoms with Crippen molar-refractivity contribution in [1.29, 1.82) is 0 Å². The van der Waals surface area contributed by atoms with Gasteiger partial charge in [-0.05, 0) is 19.9 Å². The van der Waals surface area contributed by atoms with Crippen LogP contribution in [0.1, 0.15) is 23.5 Å². The van der Waals surface area contributed by atoms with E-state index in [1.807, 2.05) is 6.07 Å². The maximum absolute atomic E-state index is 11.8. The first-order chi connectivity index (χ1) is 9.19. The number of rotatable bonds is 6. The molecular weight excluding hydrogens is 280 g/mol. The Morgan fingerprint density at radius 2 is 2.16 bits per heavy atom. The lowest BCUT2D eigenvalue weighted by Crippen LogP contribution is -2.28. The third kappa shape index (κ3) is 3.05. The van der Waals surface area contributed by atoms with E-state index in [-0.39, 0.29) is 5.91 Å². The van der Waals surface area contributed by atoms with Gasteiger partial charge in [-0.2, -0.15) is 0 Å². The molecular formula is C12H18N4OS2. The average molecular weight is 298 g/mol. The van der Waals surface area contributed by atoms with E-state index in [0.717, 1.165) is 27.8 Å². The predicted octanol–water partition coefficient (Wildman–Crippen LogP) is 1.89. The Balaban J connectivity index is 2.19. The van der Waals surface area contributed by atoms with E-state index >= 15 is 0 Å². The number of hydrogen-bond donors (Lipinski definition) is 2. The molecule has 0 atom stereocenters. The summed E-state index contributed by atoms with van der Waals surface area (Å²) in [6.07, 6.45) is 0. The van der Waals surface area contributed by atoms with Crippen molar-refractivity contribution in [3.63, 3.8) is 0 Å². The second-order valence-corrected chi connectivity index (χ2v) is 6.03.